The minimum Gasteiger partial charge on any atom is -0.495 e. The lowest BCUT2D eigenvalue weighted by Crippen LogP contribution is -2.48. The number of hydrogen-bond acceptors (Lipinski definition) is 8. The lowest BCUT2D eigenvalue weighted by molar-refractivity contribution is 0.0746. The van der Waals surface area contributed by atoms with Crippen LogP contribution >= 0.6 is 11.3 Å². The zero-order valence-electron chi connectivity index (χ0n) is 22.1. The summed E-state index contributed by atoms with van der Waals surface area (Å²) in [7, 11) is 1.35. The van der Waals surface area contributed by atoms with E-state index in [-0.39, 0.29) is 16.8 Å². The lowest BCUT2D eigenvalue weighted by Gasteiger charge is -2.34. The second-order valence-electron chi connectivity index (χ2n) is 9.76. The number of carbonyl (C=O) groups excluding carboxylic acids is 1. The maximum Gasteiger partial charge on any atom is 0.253 e. The van der Waals surface area contributed by atoms with Gasteiger partial charge in [-0.25, -0.2) is 13.4 Å². The fraction of sp³-hybridized carbons (Fsp3) is 0.481. The highest BCUT2D eigenvalue weighted by Gasteiger charge is 2.30. The number of hydrogen-bond donors (Lipinski definition) is 0. The van der Waals surface area contributed by atoms with Gasteiger partial charge in [0.25, 0.3) is 5.91 Å². The third kappa shape index (κ3) is 5.06. The van der Waals surface area contributed by atoms with Crippen LogP contribution < -0.4 is 14.4 Å². The molecule has 11 heteroatoms. The van der Waals surface area contributed by atoms with Crippen LogP contribution in [0, 0.1) is 0 Å². The second kappa shape index (κ2) is 11.1. The van der Waals surface area contributed by atoms with Crippen molar-refractivity contribution in [2.24, 2.45) is 0 Å². The summed E-state index contributed by atoms with van der Waals surface area (Å²) in [6, 6.07) is 10.1. The number of rotatable bonds is 7. The Kier molecular flexibility index (Phi) is 7.78. The largest absolute Gasteiger partial charge is 0.495 e. The van der Waals surface area contributed by atoms with Gasteiger partial charge in [-0.15, -0.1) is 0 Å². The van der Waals surface area contributed by atoms with Gasteiger partial charge in [-0.2, -0.15) is 4.31 Å². The molecule has 0 radical (unpaired) electrons. The minimum atomic E-state index is -3.59. The monoisotopic (exact) mass is 558 g/mol. The van der Waals surface area contributed by atoms with Crippen molar-refractivity contribution in [1.82, 2.24) is 14.2 Å². The Morgan fingerprint density at radius 3 is 2.21 bits per heavy atom. The van der Waals surface area contributed by atoms with E-state index in [1.165, 1.54) is 10.7 Å². The fourth-order valence-electron chi connectivity index (χ4n) is 5.27. The van der Waals surface area contributed by atoms with Crippen LogP contribution in [0.3, 0.4) is 0 Å². The van der Waals surface area contributed by atoms with Crippen molar-refractivity contribution in [3.8, 4) is 11.5 Å². The molecule has 0 spiro atoms. The highest BCUT2D eigenvalue weighted by molar-refractivity contribution is 7.89. The van der Waals surface area contributed by atoms with E-state index in [1.807, 2.05) is 17.0 Å². The molecule has 2 fully saturated rings. The Morgan fingerprint density at radius 2 is 1.58 bits per heavy atom. The predicted molar refractivity (Wildman–Crippen MR) is 149 cm³/mol. The number of aromatic nitrogens is 1. The van der Waals surface area contributed by atoms with Crippen LogP contribution in [0.15, 0.2) is 41.3 Å². The quantitative estimate of drug-likeness (QED) is 0.429. The normalized spacial score (nSPS) is 17.3. The molecule has 1 aliphatic heterocycles. The van der Waals surface area contributed by atoms with Crippen LogP contribution in [0.1, 0.15) is 42.5 Å². The maximum absolute atomic E-state index is 13.2. The number of benzene rings is 2. The van der Waals surface area contributed by atoms with E-state index in [9.17, 15) is 13.2 Å². The smallest absolute Gasteiger partial charge is 0.253 e. The van der Waals surface area contributed by atoms with Crippen molar-refractivity contribution in [3.05, 3.63) is 42.0 Å². The summed E-state index contributed by atoms with van der Waals surface area (Å²) in [5.41, 5.74) is 1.27. The molecule has 0 atom stereocenters. The Morgan fingerprint density at radius 1 is 0.947 bits per heavy atom. The van der Waals surface area contributed by atoms with Gasteiger partial charge >= 0.3 is 0 Å². The molecule has 1 saturated heterocycles. The standard InChI is InChI=1S/C27H34N4O5S2/c1-29(20-7-5-4-6-8-20)38(33,34)21-11-9-19(10-12-21)26(32)30-15-17-31(18-16-30)27-28-24-22(35-2)13-14-23(36-3)25(24)37-27/h9-14,20H,4-8,15-18H2,1-3H3. The van der Waals surface area contributed by atoms with Gasteiger partial charge in [0, 0.05) is 44.8 Å². The first-order valence-electron chi connectivity index (χ1n) is 13.0. The Labute approximate surface area is 228 Å². The average Bonchev–Trinajstić information content (AvgIpc) is 3.42. The Bertz CT molecular complexity index is 1350. The molecule has 0 unspecified atom stereocenters. The first kappa shape index (κ1) is 26.7. The summed E-state index contributed by atoms with van der Waals surface area (Å²) in [4.78, 5) is 22.2. The van der Waals surface area contributed by atoms with E-state index >= 15 is 0 Å². The van der Waals surface area contributed by atoms with Gasteiger partial charge in [-0.1, -0.05) is 30.6 Å². The van der Waals surface area contributed by atoms with Crippen LogP contribution in [0.4, 0.5) is 5.13 Å². The Hall–Kier alpha value is -2.89. The molecular formula is C27H34N4O5S2. The summed E-state index contributed by atoms with van der Waals surface area (Å²) in [6.07, 6.45) is 5.09. The van der Waals surface area contributed by atoms with Crippen molar-refractivity contribution < 1.29 is 22.7 Å². The van der Waals surface area contributed by atoms with E-state index < -0.39 is 10.0 Å². The summed E-state index contributed by atoms with van der Waals surface area (Å²) >= 11 is 1.55. The highest BCUT2D eigenvalue weighted by atomic mass is 32.2. The molecule has 2 heterocycles. The SMILES string of the molecule is COc1ccc(OC)c2sc(N3CCN(C(=O)c4ccc(S(=O)(=O)N(C)C5CCCCC5)cc4)CC3)nc12. The number of ether oxygens (including phenoxy) is 2. The summed E-state index contributed by atoms with van der Waals surface area (Å²) in [5.74, 6) is 1.36. The van der Waals surface area contributed by atoms with Crippen molar-refractivity contribution in [2.45, 2.75) is 43.0 Å². The van der Waals surface area contributed by atoms with E-state index in [2.05, 4.69) is 4.90 Å². The zero-order valence-corrected chi connectivity index (χ0v) is 23.7. The molecule has 2 aliphatic rings. The molecule has 1 amide bonds. The van der Waals surface area contributed by atoms with Gasteiger partial charge in [0.05, 0.1) is 19.1 Å². The number of thiazole rings is 1. The number of anilines is 1. The first-order chi connectivity index (χ1) is 18.3. The van der Waals surface area contributed by atoms with Crippen molar-refractivity contribution in [1.29, 1.82) is 0 Å². The fourth-order valence-corrected chi connectivity index (χ4v) is 7.81. The Balaban J connectivity index is 1.24. The number of fused-ring (bicyclic) bond motifs is 1. The zero-order chi connectivity index (χ0) is 26.9. The molecule has 3 aromatic rings. The number of methoxy groups -OCH3 is 2. The molecule has 0 N–H and O–H groups in total. The van der Waals surface area contributed by atoms with Crippen LogP contribution in [0.25, 0.3) is 10.2 Å². The maximum atomic E-state index is 13.2. The molecule has 1 aliphatic carbocycles. The molecule has 38 heavy (non-hydrogen) atoms. The van der Waals surface area contributed by atoms with Crippen LogP contribution in [-0.2, 0) is 10.0 Å². The average molecular weight is 559 g/mol. The van der Waals surface area contributed by atoms with Crippen molar-refractivity contribution >= 4 is 42.6 Å². The van der Waals surface area contributed by atoms with E-state index in [0.29, 0.717) is 37.5 Å². The third-order valence-corrected chi connectivity index (χ3v) is 10.7. The first-order valence-corrected chi connectivity index (χ1v) is 15.2. The van der Waals surface area contributed by atoms with Gasteiger partial charge in [-0.3, -0.25) is 4.79 Å². The van der Waals surface area contributed by atoms with Crippen LogP contribution in [-0.4, -0.2) is 82.0 Å². The molecule has 0 bridgehead atoms. The third-order valence-electron chi connectivity index (χ3n) is 7.60. The van der Waals surface area contributed by atoms with Gasteiger partial charge < -0.3 is 19.3 Å². The molecular weight excluding hydrogens is 524 g/mol. The van der Waals surface area contributed by atoms with Crippen molar-refractivity contribution in [2.75, 3.05) is 52.3 Å². The number of nitrogens with zero attached hydrogens (tertiary/aromatic N) is 4. The second-order valence-corrected chi connectivity index (χ2v) is 12.7. The molecule has 5 rings (SSSR count). The minimum absolute atomic E-state index is 0.0453. The molecule has 1 aromatic heterocycles. The van der Waals surface area contributed by atoms with Crippen LogP contribution in [0.2, 0.25) is 0 Å². The van der Waals surface area contributed by atoms with Crippen LogP contribution in [0.5, 0.6) is 11.5 Å². The number of sulfonamides is 1. The summed E-state index contributed by atoms with van der Waals surface area (Å²) in [5, 5.41) is 0.867. The molecule has 1 saturated carbocycles. The van der Waals surface area contributed by atoms with E-state index in [4.69, 9.17) is 14.5 Å². The van der Waals surface area contributed by atoms with E-state index in [1.54, 1.807) is 56.9 Å². The van der Waals surface area contributed by atoms with Gasteiger partial charge in [0.2, 0.25) is 10.0 Å². The van der Waals surface area contributed by atoms with Gasteiger partial charge in [0.15, 0.2) is 5.13 Å². The van der Waals surface area contributed by atoms with E-state index in [0.717, 1.165) is 46.8 Å². The van der Waals surface area contributed by atoms with Crippen molar-refractivity contribution in [3.63, 3.8) is 0 Å². The number of piperazine rings is 1. The molecule has 9 nitrogen and oxygen atoms in total. The topological polar surface area (TPSA) is 92.3 Å². The predicted octanol–water partition coefficient (Wildman–Crippen LogP) is 4.23. The summed E-state index contributed by atoms with van der Waals surface area (Å²) < 4.78 is 39.7. The summed E-state index contributed by atoms with van der Waals surface area (Å²) in [6.45, 7) is 2.39. The number of carbonyl (C=O) groups is 1. The van der Waals surface area contributed by atoms with Gasteiger partial charge in [0.1, 0.15) is 21.7 Å². The molecule has 2 aromatic carbocycles. The van der Waals surface area contributed by atoms with Gasteiger partial charge in [-0.05, 0) is 49.2 Å². The highest BCUT2D eigenvalue weighted by Crippen LogP contribution is 2.40. The molecule has 204 valence electrons. The lowest BCUT2D eigenvalue weighted by atomic mass is 9.96. The number of amides is 1.